The number of nitrogens with one attached hydrogen (secondary N) is 1. The van der Waals surface area contributed by atoms with Crippen LogP contribution >= 0.6 is 0 Å². The molecule has 1 heterocycles. The third-order valence-electron chi connectivity index (χ3n) is 1.69. The molecule has 0 aliphatic rings. The number of likely N-dealkylation sites (N-methyl/N-ethyl adjacent to an activating group) is 1. The van der Waals surface area contributed by atoms with Crippen LogP contribution in [0.3, 0.4) is 0 Å². The third kappa shape index (κ3) is 5.21. The molecule has 1 amide bonds. The van der Waals surface area contributed by atoms with Gasteiger partial charge in [-0.25, -0.2) is 5.43 Å². The molecule has 0 atom stereocenters. The number of rotatable bonds is 4. The lowest BCUT2D eigenvalue weighted by atomic mass is 10.4. The number of hydrogen-bond donors (Lipinski definition) is 1. The van der Waals surface area contributed by atoms with Crippen LogP contribution in [0.25, 0.3) is 0 Å². The predicted molar refractivity (Wildman–Crippen MR) is 62.9 cm³/mol. The summed E-state index contributed by atoms with van der Waals surface area (Å²) in [4.78, 5) is 15.4. The van der Waals surface area contributed by atoms with E-state index in [0.717, 1.165) is 0 Å². The number of amides is 1. The first-order valence-electron chi connectivity index (χ1n) is 5.01. The Hall–Kier alpha value is -1.75. The third-order valence-corrected chi connectivity index (χ3v) is 1.69. The van der Waals surface area contributed by atoms with Gasteiger partial charge in [0.1, 0.15) is 0 Å². The van der Waals surface area contributed by atoms with Gasteiger partial charge in [-0.2, -0.15) is 5.10 Å². The Labute approximate surface area is 95.4 Å². The molecule has 16 heavy (non-hydrogen) atoms. The fourth-order valence-corrected chi connectivity index (χ4v) is 1.09. The van der Waals surface area contributed by atoms with Crippen molar-refractivity contribution < 1.29 is 9.28 Å². The topological polar surface area (TPSA) is 54.4 Å². The SMILES string of the molecule is C[N+](C)(C)CC(=O)N/N=C/c1ccccn1. The van der Waals surface area contributed by atoms with Gasteiger partial charge in [-0.3, -0.25) is 9.78 Å². The first-order chi connectivity index (χ1) is 7.47. The Morgan fingerprint density at radius 2 is 2.25 bits per heavy atom. The standard InChI is InChI=1S/C11H16N4O/c1-15(2,3)9-11(16)14-13-8-10-6-4-5-7-12-10/h4-8H,9H2,1-3H3/p+1. The molecule has 0 aliphatic heterocycles. The van der Waals surface area contributed by atoms with Crippen LogP contribution in [0.4, 0.5) is 0 Å². The molecule has 0 fully saturated rings. The molecule has 1 aromatic heterocycles. The van der Waals surface area contributed by atoms with Crippen LogP contribution in [-0.2, 0) is 4.79 Å². The van der Waals surface area contributed by atoms with E-state index >= 15 is 0 Å². The van der Waals surface area contributed by atoms with Gasteiger partial charge in [0, 0.05) is 6.20 Å². The van der Waals surface area contributed by atoms with Gasteiger partial charge in [0.25, 0.3) is 5.91 Å². The van der Waals surface area contributed by atoms with Gasteiger partial charge in [-0.05, 0) is 12.1 Å². The number of pyridine rings is 1. The molecule has 0 radical (unpaired) electrons. The summed E-state index contributed by atoms with van der Waals surface area (Å²) in [5, 5.41) is 3.83. The van der Waals surface area contributed by atoms with E-state index in [0.29, 0.717) is 16.7 Å². The van der Waals surface area contributed by atoms with Crippen molar-refractivity contribution in [3.8, 4) is 0 Å². The average Bonchev–Trinajstić information content (AvgIpc) is 2.16. The molecule has 0 aromatic carbocycles. The Balaban J connectivity index is 2.41. The monoisotopic (exact) mass is 221 g/mol. The molecule has 0 unspecified atom stereocenters. The largest absolute Gasteiger partial charge is 0.323 e. The maximum Gasteiger partial charge on any atom is 0.295 e. The number of hydrogen-bond acceptors (Lipinski definition) is 3. The minimum absolute atomic E-state index is 0.111. The van der Waals surface area contributed by atoms with E-state index in [1.807, 2.05) is 39.3 Å². The normalized spacial score (nSPS) is 11.7. The molecule has 0 saturated heterocycles. The first-order valence-corrected chi connectivity index (χ1v) is 5.01. The van der Waals surface area contributed by atoms with E-state index < -0.39 is 0 Å². The summed E-state index contributed by atoms with van der Waals surface area (Å²) in [6, 6.07) is 5.50. The molecule has 0 aliphatic carbocycles. The maximum absolute atomic E-state index is 11.4. The molecule has 0 bridgehead atoms. The number of aromatic nitrogens is 1. The molecule has 0 saturated carbocycles. The van der Waals surface area contributed by atoms with Crippen molar-refractivity contribution in [2.24, 2.45) is 5.10 Å². The van der Waals surface area contributed by atoms with Gasteiger partial charge in [0.2, 0.25) is 0 Å². The minimum atomic E-state index is -0.111. The van der Waals surface area contributed by atoms with Crippen LogP contribution in [0.2, 0.25) is 0 Å². The van der Waals surface area contributed by atoms with Gasteiger partial charge in [-0.15, -0.1) is 0 Å². The number of nitrogens with zero attached hydrogens (tertiary/aromatic N) is 3. The van der Waals surface area contributed by atoms with Crippen LogP contribution in [0.5, 0.6) is 0 Å². The second-order valence-electron chi connectivity index (χ2n) is 4.50. The number of carbonyl (C=O) groups excluding carboxylic acids is 1. The van der Waals surface area contributed by atoms with Gasteiger partial charge in [0.15, 0.2) is 6.54 Å². The lowest BCUT2D eigenvalue weighted by Gasteiger charge is -2.21. The zero-order chi connectivity index (χ0) is 12.0. The average molecular weight is 221 g/mol. The smallest absolute Gasteiger partial charge is 0.295 e. The van der Waals surface area contributed by atoms with E-state index in [9.17, 15) is 4.79 Å². The van der Waals surface area contributed by atoms with Gasteiger partial charge in [-0.1, -0.05) is 6.07 Å². The minimum Gasteiger partial charge on any atom is -0.323 e. The van der Waals surface area contributed by atoms with Crippen molar-refractivity contribution in [1.29, 1.82) is 0 Å². The fraction of sp³-hybridized carbons (Fsp3) is 0.364. The van der Waals surface area contributed by atoms with E-state index in [1.165, 1.54) is 6.21 Å². The maximum atomic E-state index is 11.4. The van der Waals surface area contributed by atoms with Crippen LogP contribution < -0.4 is 5.43 Å². The van der Waals surface area contributed by atoms with Crippen molar-refractivity contribution >= 4 is 12.1 Å². The van der Waals surface area contributed by atoms with Crippen LogP contribution in [0, 0.1) is 0 Å². The van der Waals surface area contributed by atoms with E-state index in [4.69, 9.17) is 0 Å². The molecule has 5 nitrogen and oxygen atoms in total. The second kappa shape index (κ2) is 5.37. The molecule has 1 aromatic rings. The Morgan fingerprint density at radius 3 is 2.81 bits per heavy atom. The van der Waals surface area contributed by atoms with E-state index in [1.54, 1.807) is 6.20 Å². The molecule has 5 heteroatoms. The van der Waals surface area contributed by atoms with Crippen LogP contribution in [-0.4, -0.2) is 49.3 Å². The zero-order valence-corrected chi connectivity index (χ0v) is 9.84. The summed E-state index contributed by atoms with van der Waals surface area (Å²) in [6.45, 7) is 0.388. The second-order valence-corrected chi connectivity index (χ2v) is 4.50. The molecule has 0 spiro atoms. The molecular formula is C11H17N4O+. The van der Waals surface area contributed by atoms with Gasteiger partial charge >= 0.3 is 0 Å². The summed E-state index contributed by atoms with van der Waals surface area (Å²) < 4.78 is 0.574. The van der Waals surface area contributed by atoms with Gasteiger partial charge in [0.05, 0.1) is 33.1 Å². The first kappa shape index (κ1) is 12.3. The van der Waals surface area contributed by atoms with Crippen molar-refractivity contribution in [2.45, 2.75) is 0 Å². The van der Waals surface area contributed by atoms with Crippen molar-refractivity contribution in [3.05, 3.63) is 30.1 Å². The number of carbonyl (C=O) groups is 1. The van der Waals surface area contributed by atoms with Crippen molar-refractivity contribution in [2.75, 3.05) is 27.7 Å². The molecular weight excluding hydrogens is 204 g/mol. The molecule has 1 N–H and O–H groups in total. The highest BCUT2D eigenvalue weighted by Gasteiger charge is 2.12. The Kier molecular flexibility index (Phi) is 4.13. The fourth-order valence-electron chi connectivity index (χ4n) is 1.09. The molecule has 1 rings (SSSR count). The Morgan fingerprint density at radius 1 is 1.50 bits per heavy atom. The summed E-state index contributed by atoms with van der Waals surface area (Å²) in [7, 11) is 5.84. The summed E-state index contributed by atoms with van der Waals surface area (Å²) >= 11 is 0. The summed E-state index contributed by atoms with van der Waals surface area (Å²) in [5.74, 6) is -0.111. The van der Waals surface area contributed by atoms with Crippen molar-refractivity contribution in [1.82, 2.24) is 10.4 Å². The lowest BCUT2D eigenvalue weighted by Crippen LogP contribution is -2.43. The quantitative estimate of drug-likeness (QED) is 0.450. The summed E-state index contributed by atoms with van der Waals surface area (Å²) in [5.41, 5.74) is 3.18. The Bertz CT molecular complexity index is 367. The highest BCUT2D eigenvalue weighted by Crippen LogP contribution is 1.89. The zero-order valence-electron chi connectivity index (χ0n) is 9.84. The molecule has 86 valence electrons. The predicted octanol–water partition coefficient (Wildman–Crippen LogP) is 0.238. The highest BCUT2D eigenvalue weighted by atomic mass is 16.2. The van der Waals surface area contributed by atoms with Crippen LogP contribution in [0.1, 0.15) is 5.69 Å². The summed E-state index contributed by atoms with van der Waals surface area (Å²) in [6.07, 6.45) is 3.20. The highest BCUT2D eigenvalue weighted by molar-refractivity contribution is 5.81. The van der Waals surface area contributed by atoms with E-state index in [2.05, 4.69) is 15.5 Å². The van der Waals surface area contributed by atoms with Gasteiger partial charge < -0.3 is 4.48 Å². The number of hydrazone groups is 1. The van der Waals surface area contributed by atoms with E-state index in [-0.39, 0.29) is 5.91 Å². The van der Waals surface area contributed by atoms with Crippen LogP contribution in [0.15, 0.2) is 29.5 Å². The number of quaternary nitrogens is 1. The lowest BCUT2D eigenvalue weighted by molar-refractivity contribution is -0.862. The van der Waals surface area contributed by atoms with Crippen molar-refractivity contribution in [3.63, 3.8) is 0 Å².